The smallest absolute Gasteiger partial charge is 0.131 e. The Balaban J connectivity index is 1.73. The van der Waals surface area contributed by atoms with Gasteiger partial charge in [-0.15, -0.1) is 0 Å². The third-order valence-electron chi connectivity index (χ3n) is 3.11. The zero-order valence-corrected chi connectivity index (χ0v) is 10.4. The summed E-state index contributed by atoms with van der Waals surface area (Å²) in [6.07, 6.45) is 5.66. The molecule has 5 nitrogen and oxygen atoms in total. The predicted octanol–water partition coefficient (Wildman–Crippen LogP) is 1.42. The Morgan fingerprint density at radius 1 is 1.18 bits per heavy atom. The van der Waals surface area contributed by atoms with Crippen molar-refractivity contribution in [3.63, 3.8) is 0 Å². The molecule has 0 bridgehead atoms. The van der Waals surface area contributed by atoms with Crippen LogP contribution in [0, 0.1) is 0 Å². The minimum atomic E-state index is 0.848. The molecular weight excluding hydrogens is 214 g/mol. The van der Waals surface area contributed by atoms with Gasteiger partial charge in [0.05, 0.1) is 0 Å². The van der Waals surface area contributed by atoms with Gasteiger partial charge in [0, 0.05) is 26.2 Å². The third-order valence-corrected chi connectivity index (χ3v) is 3.11. The van der Waals surface area contributed by atoms with Crippen LogP contribution in [0.5, 0.6) is 0 Å². The number of nitrogens with zero attached hydrogens (tertiary/aromatic N) is 3. The van der Waals surface area contributed by atoms with Gasteiger partial charge in [-0.1, -0.05) is 6.42 Å². The van der Waals surface area contributed by atoms with Crippen molar-refractivity contribution in [1.82, 2.24) is 14.9 Å². The summed E-state index contributed by atoms with van der Waals surface area (Å²) in [6.45, 7) is 4.53. The predicted molar refractivity (Wildman–Crippen MR) is 70.4 cm³/mol. The maximum atomic E-state index is 4.19. The average molecular weight is 235 g/mol. The molecule has 1 aliphatic rings. The molecule has 2 N–H and O–H groups in total. The first kappa shape index (κ1) is 12.1. The molecule has 0 atom stereocenters. The summed E-state index contributed by atoms with van der Waals surface area (Å²) in [7, 11) is 1.86. The first-order chi connectivity index (χ1) is 8.38. The molecule has 17 heavy (non-hydrogen) atoms. The lowest BCUT2D eigenvalue weighted by atomic mass is 10.1. The van der Waals surface area contributed by atoms with Crippen molar-refractivity contribution in [3.8, 4) is 0 Å². The highest BCUT2D eigenvalue weighted by Crippen LogP contribution is 2.09. The van der Waals surface area contributed by atoms with Crippen molar-refractivity contribution in [2.24, 2.45) is 0 Å². The summed E-state index contributed by atoms with van der Waals surface area (Å²) < 4.78 is 0. The minimum absolute atomic E-state index is 0.848. The van der Waals surface area contributed by atoms with Crippen LogP contribution >= 0.6 is 0 Å². The molecular formula is C12H21N5. The Labute approximate surface area is 103 Å². The molecule has 0 aromatic carbocycles. The Morgan fingerprint density at radius 2 is 1.94 bits per heavy atom. The molecule has 1 saturated heterocycles. The van der Waals surface area contributed by atoms with Gasteiger partial charge in [0.1, 0.15) is 18.0 Å². The Bertz CT molecular complexity index is 335. The molecule has 0 saturated carbocycles. The standard InChI is InChI=1S/C12H21N5/c1-13-11-9-12(16-10-15-11)14-5-8-17-6-3-2-4-7-17/h9-10H,2-8H2,1H3,(H2,13,14,15,16). The van der Waals surface area contributed by atoms with Gasteiger partial charge in [0.15, 0.2) is 0 Å². The minimum Gasteiger partial charge on any atom is -0.373 e. The number of aromatic nitrogens is 2. The van der Waals surface area contributed by atoms with Gasteiger partial charge in [-0.2, -0.15) is 0 Å². The van der Waals surface area contributed by atoms with Gasteiger partial charge in [0.2, 0.25) is 0 Å². The Kier molecular flexibility index (Phi) is 4.55. The van der Waals surface area contributed by atoms with E-state index in [9.17, 15) is 0 Å². The van der Waals surface area contributed by atoms with Crippen molar-refractivity contribution in [2.45, 2.75) is 19.3 Å². The molecule has 5 heteroatoms. The van der Waals surface area contributed by atoms with Crippen LogP contribution in [0.25, 0.3) is 0 Å². The van der Waals surface area contributed by atoms with Crippen LogP contribution in [0.4, 0.5) is 11.6 Å². The number of nitrogens with one attached hydrogen (secondary N) is 2. The molecule has 1 aliphatic heterocycles. The maximum absolute atomic E-state index is 4.19. The lowest BCUT2D eigenvalue weighted by Crippen LogP contribution is -2.33. The second kappa shape index (κ2) is 6.39. The summed E-state index contributed by atoms with van der Waals surface area (Å²) in [5.74, 6) is 1.74. The maximum Gasteiger partial charge on any atom is 0.131 e. The van der Waals surface area contributed by atoms with Crippen LogP contribution in [-0.4, -0.2) is 48.1 Å². The second-order valence-corrected chi connectivity index (χ2v) is 4.37. The molecule has 1 aromatic rings. The van der Waals surface area contributed by atoms with Gasteiger partial charge in [-0.05, 0) is 25.9 Å². The van der Waals surface area contributed by atoms with Gasteiger partial charge in [0.25, 0.3) is 0 Å². The highest BCUT2D eigenvalue weighted by atomic mass is 15.1. The van der Waals surface area contributed by atoms with E-state index in [0.29, 0.717) is 0 Å². The fourth-order valence-electron chi connectivity index (χ4n) is 2.12. The van der Waals surface area contributed by atoms with E-state index in [1.54, 1.807) is 6.33 Å². The Morgan fingerprint density at radius 3 is 2.71 bits per heavy atom. The highest BCUT2D eigenvalue weighted by molar-refractivity contribution is 5.45. The van der Waals surface area contributed by atoms with Crippen molar-refractivity contribution >= 4 is 11.6 Å². The van der Waals surface area contributed by atoms with E-state index in [0.717, 1.165) is 24.7 Å². The number of rotatable bonds is 5. The van der Waals surface area contributed by atoms with E-state index >= 15 is 0 Å². The lowest BCUT2D eigenvalue weighted by molar-refractivity contribution is 0.237. The number of likely N-dealkylation sites (tertiary alicyclic amines) is 1. The van der Waals surface area contributed by atoms with E-state index in [1.165, 1.54) is 32.4 Å². The molecule has 0 spiro atoms. The second-order valence-electron chi connectivity index (χ2n) is 4.37. The first-order valence-electron chi connectivity index (χ1n) is 6.34. The molecule has 0 unspecified atom stereocenters. The zero-order chi connectivity index (χ0) is 11.9. The molecule has 0 radical (unpaired) electrons. The van der Waals surface area contributed by atoms with Crippen LogP contribution in [-0.2, 0) is 0 Å². The number of anilines is 2. The number of hydrogen-bond acceptors (Lipinski definition) is 5. The molecule has 94 valence electrons. The summed E-state index contributed by atoms with van der Waals surface area (Å²) in [6, 6.07) is 1.93. The van der Waals surface area contributed by atoms with E-state index in [-0.39, 0.29) is 0 Å². The fourth-order valence-corrected chi connectivity index (χ4v) is 2.12. The molecule has 1 aromatic heterocycles. The monoisotopic (exact) mass is 235 g/mol. The van der Waals surface area contributed by atoms with Crippen molar-refractivity contribution in [2.75, 3.05) is 43.9 Å². The summed E-state index contributed by atoms with van der Waals surface area (Å²) in [4.78, 5) is 10.8. The van der Waals surface area contributed by atoms with E-state index in [4.69, 9.17) is 0 Å². The van der Waals surface area contributed by atoms with E-state index in [1.807, 2.05) is 13.1 Å². The Hall–Kier alpha value is -1.36. The number of piperidine rings is 1. The van der Waals surface area contributed by atoms with Crippen LogP contribution in [0.15, 0.2) is 12.4 Å². The van der Waals surface area contributed by atoms with Gasteiger partial charge in [-0.25, -0.2) is 9.97 Å². The summed E-state index contributed by atoms with van der Waals surface area (Å²) >= 11 is 0. The van der Waals surface area contributed by atoms with Crippen LogP contribution in [0.3, 0.4) is 0 Å². The molecule has 2 heterocycles. The van der Waals surface area contributed by atoms with E-state index < -0.39 is 0 Å². The molecule has 1 fully saturated rings. The summed E-state index contributed by atoms with van der Waals surface area (Å²) in [5, 5.41) is 6.34. The van der Waals surface area contributed by atoms with Gasteiger partial charge in [-0.3, -0.25) is 0 Å². The molecule has 0 aliphatic carbocycles. The average Bonchev–Trinajstić information content (AvgIpc) is 2.40. The van der Waals surface area contributed by atoms with Crippen molar-refractivity contribution < 1.29 is 0 Å². The largest absolute Gasteiger partial charge is 0.373 e. The van der Waals surface area contributed by atoms with Crippen molar-refractivity contribution in [1.29, 1.82) is 0 Å². The highest BCUT2D eigenvalue weighted by Gasteiger charge is 2.08. The summed E-state index contributed by atoms with van der Waals surface area (Å²) in [5.41, 5.74) is 0. The molecule has 2 rings (SSSR count). The van der Waals surface area contributed by atoms with E-state index in [2.05, 4.69) is 25.5 Å². The van der Waals surface area contributed by atoms with Crippen molar-refractivity contribution in [3.05, 3.63) is 12.4 Å². The first-order valence-corrected chi connectivity index (χ1v) is 6.34. The molecule has 0 amide bonds. The lowest BCUT2D eigenvalue weighted by Gasteiger charge is -2.26. The fraction of sp³-hybridized carbons (Fsp3) is 0.667. The van der Waals surface area contributed by atoms with Crippen LogP contribution < -0.4 is 10.6 Å². The van der Waals surface area contributed by atoms with Gasteiger partial charge < -0.3 is 15.5 Å². The number of hydrogen-bond donors (Lipinski definition) is 2. The SMILES string of the molecule is CNc1cc(NCCN2CCCCC2)ncn1. The van der Waals surface area contributed by atoms with Crippen LogP contribution in [0.1, 0.15) is 19.3 Å². The van der Waals surface area contributed by atoms with Crippen LogP contribution in [0.2, 0.25) is 0 Å². The van der Waals surface area contributed by atoms with Gasteiger partial charge >= 0.3 is 0 Å². The zero-order valence-electron chi connectivity index (χ0n) is 10.4. The third kappa shape index (κ3) is 3.85. The normalized spacial score (nSPS) is 16.8. The quantitative estimate of drug-likeness (QED) is 0.808. The topological polar surface area (TPSA) is 53.1 Å².